The lowest BCUT2D eigenvalue weighted by molar-refractivity contribution is 0.188. The molecule has 2 fully saturated rings. The first-order valence-electron chi connectivity index (χ1n) is 7.49. The van der Waals surface area contributed by atoms with Gasteiger partial charge in [0.2, 0.25) is 0 Å². The molecule has 0 saturated heterocycles. The Labute approximate surface area is 127 Å². The van der Waals surface area contributed by atoms with E-state index in [1.807, 2.05) is 0 Å². The molecule has 0 amide bonds. The van der Waals surface area contributed by atoms with Gasteiger partial charge in [-0.2, -0.15) is 0 Å². The molecular weight excluding hydrogens is 324 g/mol. The van der Waals surface area contributed by atoms with Crippen LogP contribution in [0.15, 0.2) is 16.6 Å². The van der Waals surface area contributed by atoms with Gasteiger partial charge in [0.1, 0.15) is 11.6 Å². The largest absolute Gasteiger partial charge is 0.380 e. The number of benzene rings is 1. The molecule has 1 spiro atoms. The lowest BCUT2D eigenvalue weighted by atomic mass is 9.71. The van der Waals surface area contributed by atoms with Crippen LogP contribution in [-0.2, 0) is 0 Å². The van der Waals surface area contributed by atoms with Crippen molar-refractivity contribution in [2.24, 2.45) is 5.41 Å². The van der Waals surface area contributed by atoms with Crippen molar-refractivity contribution >= 4 is 21.6 Å². The summed E-state index contributed by atoms with van der Waals surface area (Å²) in [6.07, 6.45) is 10.2. The smallest absolute Gasteiger partial charge is 0.149 e. The monoisotopic (exact) mass is 343 g/mol. The molecule has 2 aliphatic carbocycles. The average Bonchev–Trinajstić information content (AvgIpc) is 2.87. The van der Waals surface area contributed by atoms with Gasteiger partial charge in [0.25, 0.3) is 0 Å². The minimum absolute atomic E-state index is 0.310. The van der Waals surface area contributed by atoms with Crippen LogP contribution in [0.3, 0.4) is 0 Å². The molecule has 0 unspecified atom stereocenters. The Hall–Kier alpha value is -0.640. The first kappa shape index (κ1) is 14.3. The van der Waals surface area contributed by atoms with Crippen molar-refractivity contribution in [3.05, 3.63) is 28.2 Å². The zero-order valence-corrected chi connectivity index (χ0v) is 13.1. The van der Waals surface area contributed by atoms with E-state index in [1.54, 1.807) is 0 Å². The van der Waals surface area contributed by atoms with E-state index in [-0.39, 0.29) is 0 Å². The lowest BCUT2D eigenvalue weighted by Gasteiger charge is -2.38. The van der Waals surface area contributed by atoms with Crippen LogP contribution >= 0.6 is 15.9 Å². The zero-order valence-electron chi connectivity index (χ0n) is 11.5. The summed E-state index contributed by atoms with van der Waals surface area (Å²) in [5.74, 6) is -1.06. The highest BCUT2D eigenvalue weighted by Crippen LogP contribution is 2.49. The van der Waals surface area contributed by atoms with E-state index in [2.05, 4.69) is 21.2 Å². The van der Waals surface area contributed by atoms with Crippen LogP contribution < -0.4 is 5.32 Å². The molecule has 0 atom stereocenters. The van der Waals surface area contributed by atoms with E-state index in [4.69, 9.17) is 0 Å². The summed E-state index contributed by atoms with van der Waals surface area (Å²) in [4.78, 5) is 0. The number of anilines is 1. The molecule has 1 nitrogen and oxygen atoms in total. The second-order valence-corrected chi connectivity index (χ2v) is 7.23. The van der Waals surface area contributed by atoms with E-state index in [0.717, 1.165) is 18.9 Å². The van der Waals surface area contributed by atoms with E-state index in [1.165, 1.54) is 44.6 Å². The summed E-state index contributed by atoms with van der Waals surface area (Å²) in [6.45, 7) is 0. The molecule has 2 saturated carbocycles. The fourth-order valence-electron chi connectivity index (χ4n) is 3.85. The molecule has 1 aromatic carbocycles. The molecule has 0 aromatic heterocycles. The summed E-state index contributed by atoms with van der Waals surface area (Å²) in [6, 6.07) is 2.76. The fraction of sp³-hybridized carbons (Fsp3) is 0.625. The van der Waals surface area contributed by atoms with Crippen LogP contribution in [0.25, 0.3) is 0 Å². The van der Waals surface area contributed by atoms with E-state index in [0.29, 0.717) is 21.6 Å². The van der Waals surface area contributed by atoms with Crippen LogP contribution in [0, 0.1) is 17.0 Å². The average molecular weight is 344 g/mol. The third kappa shape index (κ3) is 2.85. The van der Waals surface area contributed by atoms with Crippen molar-refractivity contribution in [1.82, 2.24) is 0 Å². The third-order valence-corrected chi connectivity index (χ3v) is 5.69. The standard InChI is InChI=1S/C16H20BrF2N/c17-12-9-15(14(19)10-13(12)18)20-11-3-7-16(8-4-11)5-1-2-6-16/h9-11,20H,1-8H2. The molecule has 1 aromatic rings. The Morgan fingerprint density at radius 2 is 1.65 bits per heavy atom. The highest BCUT2D eigenvalue weighted by Gasteiger charge is 2.37. The molecule has 110 valence electrons. The maximum atomic E-state index is 13.8. The van der Waals surface area contributed by atoms with Gasteiger partial charge >= 0.3 is 0 Å². The third-order valence-electron chi connectivity index (χ3n) is 5.08. The number of nitrogens with one attached hydrogen (secondary N) is 1. The Kier molecular flexibility index (Phi) is 4.02. The first-order chi connectivity index (χ1) is 9.58. The van der Waals surface area contributed by atoms with Crippen molar-refractivity contribution in [3.63, 3.8) is 0 Å². The molecule has 20 heavy (non-hydrogen) atoms. The molecule has 4 heteroatoms. The quantitative estimate of drug-likeness (QED) is 0.685. The van der Waals surface area contributed by atoms with Crippen molar-refractivity contribution in [1.29, 1.82) is 0 Å². The van der Waals surface area contributed by atoms with Crippen molar-refractivity contribution < 1.29 is 8.78 Å². The van der Waals surface area contributed by atoms with E-state index in [9.17, 15) is 8.78 Å². The Morgan fingerprint density at radius 3 is 2.30 bits per heavy atom. The van der Waals surface area contributed by atoms with Gasteiger partial charge in [-0.05, 0) is 65.9 Å². The van der Waals surface area contributed by atoms with Gasteiger partial charge in [-0.1, -0.05) is 12.8 Å². The van der Waals surface area contributed by atoms with Crippen molar-refractivity contribution in [2.75, 3.05) is 5.32 Å². The van der Waals surface area contributed by atoms with Gasteiger partial charge in [-0.3, -0.25) is 0 Å². The summed E-state index contributed by atoms with van der Waals surface area (Å²) in [5.41, 5.74) is 0.991. The minimum Gasteiger partial charge on any atom is -0.380 e. The van der Waals surface area contributed by atoms with E-state index >= 15 is 0 Å². The normalized spacial score (nSPS) is 22.4. The van der Waals surface area contributed by atoms with Crippen LogP contribution in [-0.4, -0.2) is 6.04 Å². The van der Waals surface area contributed by atoms with Gasteiger partial charge in [0.05, 0.1) is 10.2 Å². The molecule has 0 aliphatic heterocycles. The Bertz CT molecular complexity index is 487. The van der Waals surface area contributed by atoms with Crippen molar-refractivity contribution in [2.45, 2.75) is 57.4 Å². The number of rotatable bonds is 2. The van der Waals surface area contributed by atoms with Crippen LogP contribution in [0.2, 0.25) is 0 Å². The lowest BCUT2D eigenvalue weighted by Crippen LogP contribution is -2.32. The van der Waals surface area contributed by atoms with Crippen LogP contribution in [0.5, 0.6) is 0 Å². The fourth-order valence-corrected chi connectivity index (χ4v) is 4.20. The van der Waals surface area contributed by atoms with E-state index < -0.39 is 11.6 Å². The maximum Gasteiger partial charge on any atom is 0.149 e. The molecule has 2 aliphatic rings. The number of halogens is 3. The Balaban J connectivity index is 1.63. The second kappa shape index (κ2) is 5.63. The summed E-state index contributed by atoms with van der Waals surface area (Å²) < 4.78 is 27.3. The molecule has 0 radical (unpaired) electrons. The van der Waals surface area contributed by atoms with Gasteiger partial charge in [0, 0.05) is 12.1 Å². The number of hydrogen-bond acceptors (Lipinski definition) is 1. The van der Waals surface area contributed by atoms with Crippen LogP contribution in [0.4, 0.5) is 14.5 Å². The second-order valence-electron chi connectivity index (χ2n) is 6.37. The minimum atomic E-state index is -0.554. The predicted molar refractivity (Wildman–Crippen MR) is 80.8 cm³/mol. The summed E-state index contributed by atoms with van der Waals surface area (Å²) in [5, 5.41) is 3.25. The van der Waals surface area contributed by atoms with Gasteiger partial charge in [-0.25, -0.2) is 8.78 Å². The molecule has 1 N–H and O–H groups in total. The van der Waals surface area contributed by atoms with Crippen molar-refractivity contribution in [3.8, 4) is 0 Å². The van der Waals surface area contributed by atoms with Gasteiger partial charge < -0.3 is 5.32 Å². The topological polar surface area (TPSA) is 12.0 Å². The highest BCUT2D eigenvalue weighted by atomic mass is 79.9. The first-order valence-corrected chi connectivity index (χ1v) is 8.28. The number of hydrogen-bond donors (Lipinski definition) is 1. The summed E-state index contributed by atoms with van der Waals surface area (Å²) in [7, 11) is 0. The maximum absolute atomic E-state index is 13.8. The Morgan fingerprint density at radius 1 is 1.00 bits per heavy atom. The zero-order chi connectivity index (χ0) is 14.2. The SMILES string of the molecule is Fc1cc(F)c(NC2CCC3(CCCC3)CC2)cc1Br. The van der Waals surface area contributed by atoms with Crippen LogP contribution in [0.1, 0.15) is 51.4 Å². The molecule has 0 heterocycles. The molecule has 3 rings (SSSR count). The molecule has 0 bridgehead atoms. The molecular formula is C16H20BrF2N. The van der Waals surface area contributed by atoms with Gasteiger partial charge in [0.15, 0.2) is 0 Å². The predicted octanol–water partition coefficient (Wildman–Crippen LogP) is 5.64. The highest BCUT2D eigenvalue weighted by molar-refractivity contribution is 9.10. The summed E-state index contributed by atoms with van der Waals surface area (Å²) >= 11 is 3.11. The van der Waals surface area contributed by atoms with Gasteiger partial charge in [-0.15, -0.1) is 0 Å².